The Morgan fingerprint density at radius 3 is 3.00 bits per heavy atom. The lowest BCUT2D eigenvalue weighted by Gasteiger charge is -2.09. The summed E-state index contributed by atoms with van der Waals surface area (Å²) in [6, 6.07) is -0.269. The van der Waals surface area contributed by atoms with E-state index in [-0.39, 0.29) is 24.2 Å². The average molecular weight is 181 g/mol. The molecule has 13 heavy (non-hydrogen) atoms. The zero-order valence-electron chi connectivity index (χ0n) is 7.27. The molecular weight excluding hydrogens is 170 g/mol. The molecule has 0 radical (unpaired) electrons. The van der Waals surface area contributed by atoms with Crippen LogP contribution in [0.15, 0.2) is 18.6 Å². The van der Waals surface area contributed by atoms with Gasteiger partial charge in [-0.05, 0) is 6.92 Å². The fourth-order valence-corrected chi connectivity index (χ4v) is 0.760. The molecule has 1 atom stereocenters. The minimum Gasteiger partial charge on any atom is -0.394 e. The zero-order chi connectivity index (χ0) is 9.68. The summed E-state index contributed by atoms with van der Waals surface area (Å²) in [4.78, 5) is 18.9. The number of hydrogen-bond donors (Lipinski definition) is 2. The number of amides is 1. The van der Waals surface area contributed by atoms with Crippen LogP contribution in [0.3, 0.4) is 0 Å². The van der Waals surface area contributed by atoms with Gasteiger partial charge in [-0.15, -0.1) is 0 Å². The average Bonchev–Trinajstić information content (AvgIpc) is 2.19. The summed E-state index contributed by atoms with van der Waals surface area (Å²) in [6.07, 6.45) is 4.31. The number of rotatable bonds is 3. The molecule has 70 valence electrons. The molecular formula is C8H11N3O2. The van der Waals surface area contributed by atoms with Crippen LogP contribution in [0.25, 0.3) is 0 Å². The van der Waals surface area contributed by atoms with Crippen LogP contribution in [-0.2, 0) is 0 Å². The summed E-state index contributed by atoms with van der Waals surface area (Å²) >= 11 is 0. The molecule has 0 saturated carbocycles. The molecule has 1 amide bonds. The maximum Gasteiger partial charge on any atom is 0.271 e. The van der Waals surface area contributed by atoms with E-state index in [0.717, 1.165) is 0 Å². The minimum absolute atomic E-state index is 0.0913. The van der Waals surface area contributed by atoms with Gasteiger partial charge in [0, 0.05) is 18.4 Å². The van der Waals surface area contributed by atoms with E-state index >= 15 is 0 Å². The van der Waals surface area contributed by atoms with Gasteiger partial charge >= 0.3 is 0 Å². The molecule has 0 aliphatic heterocycles. The number of hydrogen-bond acceptors (Lipinski definition) is 4. The predicted molar refractivity (Wildman–Crippen MR) is 46.0 cm³/mol. The molecule has 1 aromatic rings. The maximum absolute atomic E-state index is 11.3. The highest BCUT2D eigenvalue weighted by molar-refractivity contribution is 5.92. The lowest BCUT2D eigenvalue weighted by atomic mass is 10.3. The van der Waals surface area contributed by atoms with Crippen LogP contribution in [0.2, 0.25) is 0 Å². The van der Waals surface area contributed by atoms with Crippen LogP contribution in [0.4, 0.5) is 0 Å². The van der Waals surface area contributed by atoms with Gasteiger partial charge in [-0.2, -0.15) is 0 Å². The molecule has 2 N–H and O–H groups in total. The quantitative estimate of drug-likeness (QED) is 0.664. The second-order valence-corrected chi connectivity index (χ2v) is 2.65. The van der Waals surface area contributed by atoms with Crippen LogP contribution in [-0.4, -0.2) is 33.6 Å². The van der Waals surface area contributed by atoms with Crippen LogP contribution in [0, 0.1) is 0 Å². The second kappa shape index (κ2) is 4.51. The molecule has 5 heteroatoms. The number of nitrogens with zero attached hydrogens (tertiary/aromatic N) is 2. The first-order chi connectivity index (χ1) is 6.24. The van der Waals surface area contributed by atoms with Crippen LogP contribution in [0.5, 0.6) is 0 Å². The van der Waals surface area contributed by atoms with Gasteiger partial charge < -0.3 is 10.4 Å². The smallest absolute Gasteiger partial charge is 0.271 e. The molecule has 0 saturated heterocycles. The lowest BCUT2D eigenvalue weighted by Crippen LogP contribution is -2.35. The van der Waals surface area contributed by atoms with Crippen molar-refractivity contribution in [2.75, 3.05) is 6.61 Å². The summed E-state index contributed by atoms with van der Waals surface area (Å²) in [5.74, 6) is -0.324. The normalized spacial score (nSPS) is 12.2. The second-order valence-electron chi connectivity index (χ2n) is 2.65. The van der Waals surface area contributed by atoms with E-state index in [1.54, 1.807) is 6.92 Å². The predicted octanol–water partition coefficient (Wildman–Crippen LogP) is -0.413. The van der Waals surface area contributed by atoms with Gasteiger partial charge in [0.25, 0.3) is 5.91 Å². The third-order valence-electron chi connectivity index (χ3n) is 1.45. The maximum atomic E-state index is 11.3. The number of aliphatic hydroxyl groups excluding tert-OH is 1. The Morgan fingerprint density at radius 2 is 2.46 bits per heavy atom. The minimum atomic E-state index is -0.324. The summed E-state index contributed by atoms with van der Waals surface area (Å²) in [5.41, 5.74) is 0.253. The Balaban J connectivity index is 2.59. The summed E-state index contributed by atoms with van der Waals surface area (Å²) in [6.45, 7) is 1.61. The number of aromatic nitrogens is 2. The Bertz CT molecular complexity index is 276. The monoisotopic (exact) mass is 181 g/mol. The highest BCUT2D eigenvalue weighted by Crippen LogP contribution is 1.90. The van der Waals surface area contributed by atoms with Gasteiger partial charge in [0.05, 0.1) is 12.8 Å². The van der Waals surface area contributed by atoms with E-state index in [4.69, 9.17) is 5.11 Å². The standard InChI is InChI=1S/C8H11N3O2/c1-6(5-12)11-8(13)7-4-9-2-3-10-7/h2-4,6,12H,5H2,1H3,(H,11,13). The van der Waals surface area contributed by atoms with Gasteiger partial charge in [0.15, 0.2) is 0 Å². The van der Waals surface area contributed by atoms with E-state index in [9.17, 15) is 4.79 Å². The summed E-state index contributed by atoms with van der Waals surface area (Å²) in [7, 11) is 0. The largest absolute Gasteiger partial charge is 0.394 e. The number of carbonyl (C=O) groups is 1. The Labute approximate surface area is 75.8 Å². The van der Waals surface area contributed by atoms with Crippen LogP contribution in [0.1, 0.15) is 17.4 Å². The van der Waals surface area contributed by atoms with Crippen molar-refractivity contribution in [1.82, 2.24) is 15.3 Å². The molecule has 1 unspecified atom stereocenters. The molecule has 1 heterocycles. The molecule has 5 nitrogen and oxygen atoms in total. The van der Waals surface area contributed by atoms with Crippen LogP contribution >= 0.6 is 0 Å². The Hall–Kier alpha value is -1.49. The number of nitrogens with one attached hydrogen (secondary N) is 1. The van der Waals surface area contributed by atoms with Crippen molar-refractivity contribution in [3.8, 4) is 0 Å². The summed E-state index contributed by atoms with van der Waals surface area (Å²) in [5, 5.41) is 11.2. The third kappa shape index (κ3) is 2.79. The van der Waals surface area contributed by atoms with E-state index < -0.39 is 0 Å². The van der Waals surface area contributed by atoms with E-state index in [2.05, 4.69) is 15.3 Å². The van der Waals surface area contributed by atoms with Gasteiger partial charge in [-0.3, -0.25) is 9.78 Å². The van der Waals surface area contributed by atoms with Crippen molar-refractivity contribution in [1.29, 1.82) is 0 Å². The van der Waals surface area contributed by atoms with Crippen molar-refractivity contribution in [2.45, 2.75) is 13.0 Å². The zero-order valence-corrected chi connectivity index (χ0v) is 7.27. The SMILES string of the molecule is CC(CO)NC(=O)c1cnccn1. The first-order valence-electron chi connectivity index (χ1n) is 3.91. The van der Waals surface area contributed by atoms with Crippen molar-refractivity contribution in [3.63, 3.8) is 0 Å². The molecule has 1 aromatic heterocycles. The van der Waals surface area contributed by atoms with E-state index in [1.807, 2.05) is 0 Å². The molecule has 1 rings (SSSR count). The first-order valence-corrected chi connectivity index (χ1v) is 3.91. The van der Waals surface area contributed by atoms with Crippen molar-refractivity contribution < 1.29 is 9.90 Å². The third-order valence-corrected chi connectivity index (χ3v) is 1.45. The fourth-order valence-electron chi connectivity index (χ4n) is 0.760. The van der Waals surface area contributed by atoms with Gasteiger partial charge in [0.2, 0.25) is 0 Å². The number of carbonyl (C=O) groups excluding carboxylic acids is 1. The van der Waals surface area contributed by atoms with Crippen molar-refractivity contribution >= 4 is 5.91 Å². The molecule has 0 bridgehead atoms. The number of aliphatic hydroxyl groups is 1. The van der Waals surface area contributed by atoms with E-state index in [0.29, 0.717) is 0 Å². The van der Waals surface area contributed by atoms with Gasteiger partial charge in [-0.25, -0.2) is 4.98 Å². The first kappa shape index (κ1) is 9.60. The van der Waals surface area contributed by atoms with Gasteiger partial charge in [-0.1, -0.05) is 0 Å². The van der Waals surface area contributed by atoms with E-state index in [1.165, 1.54) is 18.6 Å². The lowest BCUT2D eigenvalue weighted by molar-refractivity contribution is 0.0917. The molecule has 0 aromatic carbocycles. The molecule has 0 aliphatic carbocycles. The van der Waals surface area contributed by atoms with Crippen LogP contribution < -0.4 is 5.32 Å². The Morgan fingerprint density at radius 1 is 1.69 bits per heavy atom. The van der Waals surface area contributed by atoms with Gasteiger partial charge in [0.1, 0.15) is 5.69 Å². The topological polar surface area (TPSA) is 75.1 Å². The summed E-state index contributed by atoms with van der Waals surface area (Å²) < 4.78 is 0. The van der Waals surface area contributed by atoms with Crippen molar-refractivity contribution in [3.05, 3.63) is 24.3 Å². The highest BCUT2D eigenvalue weighted by atomic mass is 16.3. The Kier molecular flexibility index (Phi) is 3.33. The molecule has 0 fully saturated rings. The van der Waals surface area contributed by atoms with Crippen molar-refractivity contribution in [2.24, 2.45) is 0 Å². The molecule has 0 spiro atoms. The highest BCUT2D eigenvalue weighted by Gasteiger charge is 2.09. The fraction of sp³-hybridized carbons (Fsp3) is 0.375. The molecule has 0 aliphatic rings.